The van der Waals surface area contributed by atoms with Gasteiger partial charge in [0.15, 0.2) is 0 Å². The summed E-state index contributed by atoms with van der Waals surface area (Å²) < 4.78 is 5.05. The van der Waals surface area contributed by atoms with Gasteiger partial charge >= 0.3 is 0 Å². The summed E-state index contributed by atoms with van der Waals surface area (Å²) in [6.07, 6.45) is 1.65. The summed E-state index contributed by atoms with van der Waals surface area (Å²) in [6.45, 7) is 0.496. The Labute approximate surface area is 98.0 Å². The molecule has 0 unspecified atom stereocenters. The molecule has 2 rings (SSSR count). The molecule has 0 amide bonds. The number of hydrogen-bond acceptors (Lipinski definition) is 4. The van der Waals surface area contributed by atoms with Gasteiger partial charge in [-0.3, -0.25) is 0 Å². The predicted molar refractivity (Wildman–Crippen MR) is 60.0 cm³/mol. The predicted octanol–water partition coefficient (Wildman–Crippen LogP) is 1.68. The lowest BCUT2D eigenvalue weighted by Gasteiger charge is -2.02. The van der Waals surface area contributed by atoms with Crippen LogP contribution in [0.5, 0.6) is 0 Å². The fourth-order valence-electron chi connectivity index (χ4n) is 1.39. The molecule has 6 heteroatoms. The molecule has 5 nitrogen and oxygen atoms in total. The highest BCUT2D eigenvalue weighted by Crippen LogP contribution is 2.19. The zero-order valence-corrected chi connectivity index (χ0v) is 9.77. The van der Waals surface area contributed by atoms with Crippen molar-refractivity contribution in [1.82, 2.24) is 20.0 Å². The molecule has 0 spiro atoms. The Morgan fingerprint density at radius 2 is 2.19 bits per heavy atom. The van der Waals surface area contributed by atoms with Crippen LogP contribution in [-0.4, -0.2) is 27.1 Å². The molecule has 16 heavy (non-hydrogen) atoms. The molecule has 0 aliphatic heterocycles. The summed E-state index contributed by atoms with van der Waals surface area (Å²) >= 11 is 5.92. The Kier molecular flexibility index (Phi) is 3.17. The van der Waals surface area contributed by atoms with Crippen LogP contribution in [0.25, 0.3) is 11.4 Å². The molecule has 2 aromatic heterocycles. The van der Waals surface area contributed by atoms with Crippen molar-refractivity contribution in [3.63, 3.8) is 0 Å². The van der Waals surface area contributed by atoms with Gasteiger partial charge in [-0.1, -0.05) is 11.6 Å². The van der Waals surface area contributed by atoms with E-state index >= 15 is 0 Å². The van der Waals surface area contributed by atoms with E-state index in [-0.39, 0.29) is 0 Å². The van der Waals surface area contributed by atoms with Crippen molar-refractivity contribution >= 4 is 11.6 Å². The summed E-state index contributed by atoms with van der Waals surface area (Å²) in [5.74, 6) is 0. The quantitative estimate of drug-likeness (QED) is 0.764. The van der Waals surface area contributed by atoms with E-state index in [4.69, 9.17) is 16.3 Å². The molecule has 0 saturated carbocycles. The molecule has 0 aromatic carbocycles. The molecule has 84 valence electrons. The summed E-state index contributed by atoms with van der Waals surface area (Å²) in [5, 5.41) is 8.58. The van der Waals surface area contributed by atoms with E-state index < -0.39 is 0 Å². The first-order valence-corrected chi connectivity index (χ1v) is 5.09. The third-order valence-electron chi connectivity index (χ3n) is 2.03. The molecule has 2 heterocycles. The first-order chi connectivity index (χ1) is 7.69. The maximum absolute atomic E-state index is 5.92. The molecule has 0 N–H and O–H groups in total. The van der Waals surface area contributed by atoms with Gasteiger partial charge < -0.3 is 4.74 Å². The maximum Gasteiger partial charge on any atom is 0.131 e. The summed E-state index contributed by atoms with van der Waals surface area (Å²) in [7, 11) is 3.39. The van der Waals surface area contributed by atoms with Crippen LogP contribution in [-0.2, 0) is 18.4 Å². The first kappa shape index (κ1) is 11.0. The van der Waals surface area contributed by atoms with Gasteiger partial charge in [-0.2, -0.15) is 15.0 Å². The number of halogens is 1. The van der Waals surface area contributed by atoms with Crippen molar-refractivity contribution in [2.24, 2.45) is 7.05 Å². The van der Waals surface area contributed by atoms with E-state index in [1.165, 1.54) is 4.80 Å². The lowest BCUT2D eigenvalue weighted by Crippen LogP contribution is -1.94. The van der Waals surface area contributed by atoms with Gasteiger partial charge in [0, 0.05) is 14.2 Å². The van der Waals surface area contributed by atoms with Crippen molar-refractivity contribution in [3.05, 3.63) is 29.0 Å². The molecule has 0 radical (unpaired) electrons. The van der Waals surface area contributed by atoms with E-state index in [9.17, 15) is 0 Å². The smallest absolute Gasteiger partial charge is 0.131 e. The van der Waals surface area contributed by atoms with Crippen LogP contribution < -0.4 is 0 Å². The molecule has 0 aliphatic rings. The lowest BCUT2D eigenvalue weighted by atomic mass is 10.2. The fourth-order valence-corrected chi connectivity index (χ4v) is 1.63. The van der Waals surface area contributed by atoms with Crippen molar-refractivity contribution in [2.45, 2.75) is 6.61 Å². The number of nitrogens with zero attached hydrogens (tertiary/aromatic N) is 4. The normalized spacial score (nSPS) is 10.7. The molecule has 0 aliphatic carbocycles. The number of aromatic nitrogens is 4. The minimum atomic E-state index is 0.426. The van der Waals surface area contributed by atoms with Gasteiger partial charge in [0.2, 0.25) is 0 Å². The summed E-state index contributed by atoms with van der Waals surface area (Å²) in [5.41, 5.74) is 2.36. The number of hydrogen-bond donors (Lipinski definition) is 0. The van der Waals surface area contributed by atoms with Crippen LogP contribution in [0.2, 0.25) is 5.15 Å². The van der Waals surface area contributed by atoms with Crippen LogP contribution in [0.3, 0.4) is 0 Å². The summed E-state index contributed by atoms with van der Waals surface area (Å²) in [6, 6.07) is 3.66. The monoisotopic (exact) mass is 238 g/mol. The average Bonchev–Trinajstić information content (AvgIpc) is 2.64. The van der Waals surface area contributed by atoms with E-state index in [2.05, 4.69) is 15.2 Å². The van der Waals surface area contributed by atoms with Crippen molar-refractivity contribution in [1.29, 1.82) is 0 Å². The van der Waals surface area contributed by atoms with Crippen molar-refractivity contribution < 1.29 is 4.74 Å². The van der Waals surface area contributed by atoms with Gasteiger partial charge in [0.1, 0.15) is 10.8 Å². The van der Waals surface area contributed by atoms with Crippen molar-refractivity contribution in [3.8, 4) is 11.4 Å². The zero-order valence-electron chi connectivity index (χ0n) is 9.01. The van der Waals surface area contributed by atoms with Crippen LogP contribution in [0.15, 0.2) is 18.3 Å². The number of aryl methyl sites for hydroxylation is 1. The number of methoxy groups -OCH3 is 1. The Balaban J connectivity index is 2.40. The second-order valence-electron chi connectivity index (χ2n) is 3.34. The number of rotatable bonds is 3. The maximum atomic E-state index is 5.92. The van der Waals surface area contributed by atoms with Crippen LogP contribution >= 0.6 is 11.6 Å². The largest absolute Gasteiger partial charge is 0.380 e. The van der Waals surface area contributed by atoms with Crippen LogP contribution in [0.4, 0.5) is 0 Å². The number of pyridine rings is 1. The van der Waals surface area contributed by atoms with Gasteiger partial charge in [0.05, 0.1) is 18.5 Å². The topological polar surface area (TPSA) is 52.8 Å². The highest BCUT2D eigenvalue weighted by atomic mass is 35.5. The van der Waals surface area contributed by atoms with Gasteiger partial charge in [0.25, 0.3) is 0 Å². The lowest BCUT2D eigenvalue weighted by molar-refractivity contribution is 0.185. The minimum Gasteiger partial charge on any atom is -0.380 e. The Morgan fingerprint density at radius 1 is 1.38 bits per heavy atom. The highest BCUT2D eigenvalue weighted by molar-refractivity contribution is 6.29. The molecule has 2 aromatic rings. The van der Waals surface area contributed by atoms with E-state index in [0.29, 0.717) is 23.1 Å². The Bertz CT molecular complexity index is 497. The van der Waals surface area contributed by atoms with Gasteiger partial charge in [-0.25, -0.2) is 4.98 Å². The van der Waals surface area contributed by atoms with E-state index in [1.54, 1.807) is 26.4 Å². The van der Waals surface area contributed by atoms with Crippen molar-refractivity contribution in [2.75, 3.05) is 7.11 Å². The minimum absolute atomic E-state index is 0.426. The SMILES string of the molecule is COCc1cc(Cl)nc(-c2cnn(C)n2)c1. The highest BCUT2D eigenvalue weighted by Gasteiger charge is 2.07. The molecular weight excluding hydrogens is 228 g/mol. The van der Waals surface area contributed by atoms with Gasteiger partial charge in [-0.15, -0.1) is 0 Å². The van der Waals surface area contributed by atoms with Gasteiger partial charge in [-0.05, 0) is 17.7 Å². The molecule has 0 saturated heterocycles. The van der Waals surface area contributed by atoms with E-state index in [0.717, 1.165) is 5.56 Å². The van der Waals surface area contributed by atoms with Crippen LogP contribution in [0.1, 0.15) is 5.56 Å². The molecule has 0 bridgehead atoms. The molecule has 0 fully saturated rings. The average molecular weight is 239 g/mol. The third kappa shape index (κ3) is 2.37. The Morgan fingerprint density at radius 3 is 2.81 bits per heavy atom. The molecular formula is C10H11ClN4O. The molecule has 0 atom stereocenters. The van der Waals surface area contributed by atoms with E-state index in [1.807, 2.05) is 6.07 Å². The third-order valence-corrected chi connectivity index (χ3v) is 2.22. The zero-order chi connectivity index (χ0) is 11.5. The standard InChI is InChI=1S/C10H11ClN4O/c1-15-12-5-9(14-15)8-3-7(6-16-2)4-10(11)13-8/h3-5H,6H2,1-2H3. The fraction of sp³-hybridized carbons (Fsp3) is 0.300. The number of ether oxygens (including phenoxy) is 1. The second-order valence-corrected chi connectivity index (χ2v) is 3.72. The van der Waals surface area contributed by atoms with Crippen LogP contribution in [0, 0.1) is 0 Å². The summed E-state index contributed by atoms with van der Waals surface area (Å²) in [4.78, 5) is 5.67. The Hall–Kier alpha value is -1.46. The first-order valence-electron chi connectivity index (χ1n) is 4.71. The second kappa shape index (κ2) is 4.59.